The minimum atomic E-state index is -0.960. The molecule has 0 radical (unpaired) electrons. The minimum Gasteiger partial charge on any atom is -0.331 e. The standard InChI is InChI=1S/C18H13N5O5/c19-9-10-6-12-13(7-15(10)23(27)28)21-17(25)16(24)8-14(12)22-18(26)20-11-4-2-1-3-5-11/h1-7,14H,8H2,(H,21,25)(H2,20,22,26). The van der Waals surface area contributed by atoms with Gasteiger partial charge in [-0.2, -0.15) is 5.26 Å². The van der Waals surface area contributed by atoms with Gasteiger partial charge in [-0.25, -0.2) is 4.79 Å². The number of para-hydroxylation sites is 1. The van der Waals surface area contributed by atoms with E-state index in [0.717, 1.165) is 6.07 Å². The van der Waals surface area contributed by atoms with Crippen molar-refractivity contribution in [1.29, 1.82) is 5.26 Å². The fourth-order valence-corrected chi connectivity index (χ4v) is 2.80. The van der Waals surface area contributed by atoms with Gasteiger partial charge in [-0.15, -0.1) is 0 Å². The number of rotatable bonds is 3. The van der Waals surface area contributed by atoms with Gasteiger partial charge in [0.15, 0.2) is 0 Å². The highest BCUT2D eigenvalue weighted by molar-refractivity contribution is 6.41. The van der Waals surface area contributed by atoms with Gasteiger partial charge in [-0.3, -0.25) is 19.7 Å². The average molecular weight is 379 g/mol. The van der Waals surface area contributed by atoms with Crippen LogP contribution in [0.25, 0.3) is 0 Å². The summed E-state index contributed by atoms with van der Waals surface area (Å²) in [5.41, 5.74) is -0.0297. The summed E-state index contributed by atoms with van der Waals surface area (Å²) in [6, 6.07) is 10.9. The second-order valence-electron chi connectivity index (χ2n) is 5.92. The number of anilines is 2. The number of Topliss-reactive ketones (excluding diaryl/α,β-unsaturated/α-hetero) is 1. The maximum Gasteiger partial charge on any atom is 0.319 e. The van der Waals surface area contributed by atoms with Gasteiger partial charge >= 0.3 is 6.03 Å². The van der Waals surface area contributed by atoms with Crippen LogP contribution in [0.3, 0.4) is 0 Å². The first-order valence-electron chi connectivity index (χ1n) is 8.08. The quantitative estimate of drug-likeness (QED) is 0.422. The van der Waals surface area contributed by atoms with Crippen molar-refractivity contribution >= 4 is 34.8 Å². The molecular weight excluding hydrogens is 366 g/mol. The van der Waals surface area contributed by atoms with Gasteiger partial charge in [0, 0.05) is 23.7 Å². The van der Waals surface area contributed by atoms with Gasteiger partial charge in [0.25, 0.3) is 11.6 Å². The number of nitrogens with one attached hydrogen (secondary N) is 3. The molecule has 3 amide bonds. The van der Waals surface area contributed by atoms with E-state index in [2.05, 4.69) is 16.0 Å². The number of ketones is 1. The molecule has 0 saturated heterocycles. The Labute approximate surface area is 158 Å². The Bertz CT molecular complexity index is 1030. The maximum absolute atomic E-state index is 12.3. The number of hydrogen-bond donors (Lipinski definition) is 3. The van der Waals surface area contributed by atoms with E-state index in [1.54, 1.807) is 36.4 Å². The summed E-state index contributed by atoms with van der Waals surface area (Å²) in [7, 11) is 0. The summed E-state index contributed by atoms with van der Waals surface area (Å²) in [6.07, 6.45) is -0.357. The predicted molar refractivity (Wildman–Crippen MR) is 97.4 cm³/mol. The number of nitriles is 1. The van der Waals surface area contributed by atoms with Gasteiger partial charge in [-0.1, -0.05) is 18.2 Å². The van der Waals surface area contributed by atoms with Crippen LogP contribution in [0, 0.1) is 21.4 Å². The van der Waals surface area contributed by atoms with Crippen molar-refractivity contribution in [2.24, 2.45) is 0 Å². The molecule has 0 aromatic heterocycles. The van der Waals surface area contributed by atoms with Gasteiger partial charge in [0.2, 0.25) is 5.78 Å². The summed E-state index contributed by atoms with van der Waals surface area (Å²) in [5, 5.41) is 27.8. The molecule has 0 bridgehead atoms. The first-order chi connectivity index (χ1) is 13.4. The molecule has 28 heavy (non-hydrogen) atoms. The van der Waals surface area contributed by atoms with Crippen molar-refractivity contribution in [2.45, 2.75) is 12.5 Å². The number of benzene rings is 2. The first-order valence-corrected chi connectivity index (χ1v) is 8.08. The molecule has 2 aromatic rings. The lowest BCUT2D eigenvalue weighted by molar-refractivity contribution is -0.385. The third-order valence-electron chi connectivity index (χ3n) is 4.09. The topological polar surface area (TPSA) is 154 Å². The zero-order valence-corrected chi connectivity index (χ0v) is 14.3. The summed E-state index contributed by atoms with van der Waals surface area (Å²) < 4.78 is 0. The molecule has 1 atom stereocenters. The molecular formula is C18H13N5O5. The summed E-state index contributed by atoms with van der Waals surface area (Å²) in [6.45, 7) is 0. The SMILES string of the molecule is N#Cc1cc2c(cc1[N+](=O)[O-])NC(=O)C(=O)CC2NC(=O)Nc1ccccc1. The van der Waals surface area contributed by atoms with Crippen molar-refractivity contribution in [3.8, 4) is 6.07 Å². The van der Waals surface area contributed by atoms with Crippen molar-refractivity contribution in [3.05, 3.63) is 63.7 Å². The number of urea groups is 1. The number of nitro benzene ring substituents is 1. The molecule has 2 aromatic carbocycles. The van der Waals surface area contributed by atoms with Crippen LogP contribution < -0.4 is 16.0 Å². The number of amides is 3. The summed E-state index contributed by atoms with van der Waals surface area (Å²) >= 11 is 0. The molecule has 1 unspecified atom stereocenters. The van der Waals surface area contributed by atoms with Crippen LogP contribution in [0.4, 0.5) is 21.9 Å². The molecule has 3 rings (SSSR count). The van der Waals surface area contributed by atoms with Gasteiger partial charge in [0.1, 0.15) is 11.6 Å². The summed E-state index contributed by atoms with van der Waals surface area (Å²) in [5.74, 6) is -1.75. The Morgan fingerprint density at radius 2 is 1.96 bits per heavy atom. The lowest BCUT2D eigenvalue weighted by atomic mass is 9.98. The van der Waals surface area contributed by atoms with E-state index in [4.69, 9.17) is 0 Å². The molecule has 0 fully saturated rings. The van der Waals surface area contributed by atoms with E-state index < -0.39 is 34.4 Å². The van der Waals surface area contributed by atoms with Gasteiger partial charge < -0.3 is 16.0 Å². The zero-order valence-electron chi connectivity index (χ0n) is 14.3. The van der Waals surface area contributed by atoms with E-state index in [1.807, 2.05) is 0 Å². The Kier molecular flexibility index (Phi) is 4.99. The second kappa shape index (κ2) is 7.55. The smallest absolute Gasteiger partial charge is 0.319 e. The fraction of sp³-hybridized carbons (Fsp3) is 0.111. The van der Waals surface area contributed by atoms with Crippen molar-refractivity contribution < 1.29 is 19.3 Å². The van der Waals surface area contributed by atoms with Gasteiger partial charge in [-0.05, 0) is 18.2 Å². The fourth-order valence-electron chi connectivity index (χ4n) is 2.80. The minimum absolute atomic E-state index is 0.00781. The highest BCUT2D eigenvalue weighted by Crippen LogP contribution is 2.34. The molecule has 1 heterocycles. The monoisotopic (exact) mass is 379 g/mol. The maximum atomic E-state index is 12.3. The normalized spacial score (nSPS) is 15.5. The lowest BCUT2D eigenvalue weighted by Crippen LogP contribution is -2.34. The third-order valence-corrected chi connectivity index (χ3v) is 4.09. The molecule has 1 aliphatic rings. The molecule has 10 heteroatoms. The molecule has 0 spiro atoms. The number of carbonyl (C=O) groups is 3. The van der Waals surface area contributed by atoms with E-state index in [-0.39, 0.29) is 23.2 Å². The number of carbonyl (C=O) groups excluding carboxylic acids is 3. The number of fused-ring (bicyclic) bond motifs is 1. The average Bonchev–Trinajstić information content (AvgIpc) is 2.77. The predicted octanol–water partition coefficient (Wildman–Crippen LogP) is 2.24. The van der Waals surface area contributed by atoms with Crippen LogP contribution in [0.15, 0.2) is 42.5 Å². The Morgan fingerprint density at radius 1 is 1.25 bits per heavy atom. The number of hydrogen-bond acceptors (Lipinski definition) is 6. The van der Waals surface area contributed by atoms with Crippen molar-refractivity contribution in [1.82, 2.24) is 5.32 Å². The number of nitrogens with zero attached hydrogens (tertiary/aromatic N) is 2. The second-order valence-corrected chi connectivity index (χ2v) is 5.92. The molecule has 0 aliphatic carbocycles. The molecule has 10 nitrogen and oxygen atoms in total. The van der Waals surface area contributed by atoms with E-state index in [1.165, 1.54) is 6.07 Å². The largest absolute Gasteiger partial charge is 0.331 e. The van der Waals surface area contributed by atoms with Crippen LogP contribution in [-0.2, 0) is 9.59 Å². The van der Waals surface area contributed by atoms with Crippen LogP contribution in [0.1, 0.15) is 23.6 Å². The van der Waals surface area contributed by atoms with Crippen LogP contribution in [-0.4, -0.2) is 22.6 Å². The molecule has 1 aliphatic heterocycles. The van der Waals surface area contributed by atoms with Gasteiger partial charge in [0.05, 0.1) is 16.7 Å². The lowest BCUT2D eigenvalue weighted by Gasteiger charge is -2.19. The van der Waals surface area contributed by atoms with Crippen molar-refractivity contribution in [2.75, 3.05) is 10.6 Å². The zero-order chi connectivity index (χ0) is 20.3. The van der Waals surface area contributed by atoms with E-state index in [9.17, 15) is 29.8 Å². The molecule has 0 saturated carbocycles. The first kappa shape index (κ1) is 18.5. The van der Waals surface area contributed by atoms with Crippen molar-refractivity contribution in [3.63, 3.8) is 0 Å². The highest BCUT2D eigenvalue weighted by Gasteiger charge is 2.32. The summed E-state index contributed by atoms with van der Waals surface area (Å²) in [4.78, 5) is 46.6. The number of nitro groups is 1. The van der Waals surface area contributed by atoms with Crippen LogP contribution in [0.2, 0.25) is 0 Å². The van der Waals surface area contributed by atoms with E-state index >= 15 is 0 Å². The Morgan fingerprint density at radius 3 is 2.61 bits per heavy atom. The Hall–Kier alpha value is -4.26. The Balaban J connectivity index is 1.96. The van der Waals surface area contributed by atoms with Crippen LogP contribution in [0.5, 0.6) is 0 Å². The van der Waals surface area contributed by atoms with Crippen LogP contribution >= 0.6 is 0 Å². The van der Waals surface area contributed by atoms with E-state index in [0.29, 0.717) is 5.69 Å². The third kappa shape index (κ3) is 3.78. The molecule has 3 N–H and O–H groups in total. The highest BCUT2D eigenvalue weighted by atomic mass is 16.6. The molecule has 140 valence electrons.